The number of anilines is 5. The van der Waals surface area contributed by atoms with Gasteiger partial charge in [-0.25, -0.2) is 9.97 Å². The van der Waals surface area contributed by atoms with Crippen molar-refractivity contribution in [3.8, 4) is 11.3 Å². The molecular formula is C41H49N9O4. The second-order valence-electron chi connectivity index (χ2n) is 15.7. The number of rotatable bonds is 9. The number of benzene rings is 1. The van der Waals surface area contributed by atoms with Crippen LogP contribution in [0.5, 0.6) is 0 Å². The Kier molecular flexibility index (Phi) is 9.71. The number of piperazine rings is 1. The monoisotopic (exact) mass is 731 g/mol. The van der Waals surface area contributed by atoms with E-state index < -0.39 is 0 Å². The lowest BCUT2D eigenvalue weighted by Crippen LogP contribution is -2.56. The fraction of sp³-hybridized carbons (Fsp3) is 0.439. The van der Waals surface area contributed by atoms with E-state index in [0.29, 0.717) is 64.7 Å². The number of hydrogen-bond acceptors (Lipinski definition) is 10. The maximum atomic E-state index is 13.9. The Hall–Kier alpha value is -5.11. The van der Waals surface area contributed by atoms with Gasteiger partial charge in [0.05, 0.1) is 36.1 Å². The van der Waals surface area contributed by atoms with E-state index in [2.05, 4.69) is 62.3 Å². The minimum Gasteiger partial charge on any atom is -0.392 e. The molecule has 6 heterocycles. The Morgan fingerprint density at radius 2 is 1.93 bits per heavy atom. The molecule has 1 unspecified atom stereocenters. The second kappa shape index (κ2) is 14.6. The lowest BCUT2D eigenvalue weighted by Gasteiger charge is -2.45. The van der Waals surface area contributed by atoms with E-state index in [9.17, 15) is 14.7 Å². The van der Waals surface area contributed by atoms with Crippen molar-refractivity contribution in [2.45, 2.75) is 71.7 Å². The highest BCUT2D eigenvalue weighted by Crippen LogP contribution is 2.40. The van der Waals surface area contributed by atoms with Crippen molar-refractivity contribution >= 4 is 40.5 Å². The zero-order chi connectivity index (χ0) is 37.6. The lowest BCUT2D eigenvalue weighted by molar-refractivity contribution is -0.111. The highest BCUT2D eigenvalue weighted by atomic mass is 16.5. The van der Waals surface area contributed by atoms with E-state index in [1.54, 1.807) is 29.6 Å². The first-order chi connectivity index (χ1) is 26.1. The quantitative estimate of drug-likeness (QED) is 0.198. The number of fused-ring (bicyclic) bond motifs is 3. The number of nitrogens with zero attached hydrogens (tertiary/aromatic N) is 7. The summed E-state index contributed by atoms with van der Waals surface area (Å²) in [6, 6.07) is 10.5. The van der Waals surface area contributed by atoms with Gasteiger partial charge in [-0.3, -0.25) is 24.4 Å². The molecule has 13 nitrogen and oxygen atoms in total. The van der Waals surface area contributed by atoms with Crippen LogP contribution in [0.2, 0.25) is 0 Å². The zero-order valence-corrected chi connectivity index (χ0v) is 31.3. The van der Waals surface area contributed by atoms with Crippen LogP contribution in [0.1, 0.15) is 60.9 Å². The van der Waals surface area contributed by atoms with Gasteiger partial charge in [0.2, 0.25) is 5.91 Å². The van der Waals surface area contributed by atoms with Gasteiger partial charge < -0.3 is 29.9 Å². The van der Waals surface area contributed by atoms with E-state index in [4.69, 9.17) is 9.72 Å². The predicted octanol–water partition coefficient (Wildman–Crippen LogP) is 5.18. The minimum atomic E-state index is -0.330. The molecule has 2 saturated heterocycles. The fourth-order valence-corrected chi connectivity index (χ4v) is 8.80. The van der Waals surface area contributed by atoms with Crippen LogP contribution in [0.15, 0.2) is 61.6 Å². The molecule has 3 aliphatic heterocycles. The molecule has 0 radical (unpaired) electrons. The minimum absolute atomic E-state index is 0.118. The van der Waals surface area contributed by atoms with Crippen LogP contribution in [-0.2, 0) is 35.5 Å². The molecular weight excluding hydrogens is 683 g/mol. The third-order valence-corrected chi connectivity index (χ3v) is 11.4. The van der Waals surface area contributed by atoms with Crippen LogP contribution in [0.4, 0.5) is 28.7 Å². The molecule has 3 N–H and O–H groups in total. The van der Waals surface area contributed by atoms with Gasteiger partial charge in [0.25, 0.3) is 5.91 Å². The molecule has 2 amide bonds. The Bertz CT molecular complexity index is 2090. The summed E-state index contributed by atoms with van der Waals surface area (Å²) in [6.45, 7) is 15.6. The number of carbonyl (C=O) groups is 2. The summed E-state index contributed by atoms with van der Waals surface area (Å²) in [4.78, 5) is 47.1. The van der Waals surface area contributed by atoms with Crippen molar-refractivity contribution in [3.05, 3.63) is 84.1 Å². The molecule has 54 heavy (non-hydrogen) atoms. The maximum absolute atomic E-state index is 13.9. The molecule has 1 atom stereocenters. The Morgan fingerprint density at radius 1 is 1.09 bits per heavy atom. The first kappa shape index (κ1) is 35.9. The Morgan fingerprint density at radius 3 is 2.70 bits per heavy atom. The summed E-state index contributed by atoms with van der Waals surface area (Å²) in [7, 11) is 0. The maximum Gasteiger partial charge on any atom is 0.276 e. The summed E-state index contributed by atoms with van der Waals surface area (Å²) < 4.78 is 7.76. The SMILES string of the molecule is C=CC(=O)Nc1cc(Nc2cncc(-c3ccnc(N4CCn5c(cc6c5CC(C)(C)C6)C4=O)c3CO)n2)ccc1N1CCN(C2CCOCC2)CC1C. The molecule has 4 aliphatic rings. The number of carbonyl (C=O) groups excluding carboxylic acids is 2. The van der Waals surface area contributed by atoms with Crippen molar-refractivity contribution in [1.29, 1.82) is 0 Å². The number of aromatic nitrogens is 4. The Balaban J connectivity index is 1.03. The normalized spacial score (nSPS) is 20.1. The van der Waals surface area contributed by atoms with Crippen LogP contribution >= 0.6 is 0 Å². The number of ether oxygens (including phenoxy) is 1. The number of aliphatic hydroxyl groups is 1. The van der Waals surface area contributed by atoms with Gasteiger partial charge in [0.15, 0.2) is 0 Å². The van der Waals surface area contributed by atoms with Gasteiger partial charge in [0.1, 0.15) is 17.3 Å². The summed E-state index contributed by atoms with van der Waals surface area (Å²) in [6.07, 6.45) is 10.2. The van der Waals surface area contributed by atoms with Crippen LogP contribution in [0.3, 0.4) is 0 Å². The van der Waals surface area contributed by atoms with Gasteiger partial charge >= 0.3 is 0 Å². The van der Waals surface area contributed by atoms with Crippen LogP contribution in [0.25, 0.3) is 11.3 Å². The van der Waals surface area contributed by atoms with Crippen molar-refractivity contribution in [2.75, 3.05) is 59.8 Å². The second-order valence-corrected chi connectivity index (χ2v) is 15.7. The molecule has 1 aromatic carbocycles. The van der Waals surface area contributed by atoms with E-state index in [1.807, 2.05) is 24.3 Å². The predicted molar refractivity (Wildman–Crippen MR) is 209 cm³/mol. The summed E-state index contributed by atoms with van der Waals surface area (Å²) in [5.41, 5.74) is 7.38. The van der Waals surface area contributed by atoms with Gasteiger partial charge in [-0.15, -0.1) is 0 Å². The first-order valence-electron chi connectivity index (χ1n) is 19.0. The summed E-state index contributed by atoms with van der Waals surface area (Å²) >= 11 is 0. The largest absolute Gasteiger partial charge is 0.392 e. The molecule has 0 bridgehead atoms. The first-order valence-corrected chi connectivity index (χ1v) is 19.0. The number of nitrogens with one attached hydrogen (secondary N) is 2. The van der Waals surface area contributed by atoms with E-state index in [1.165, 1.54) is 17.3 Å². The van der Waals surface area contributed by atoms with Crippen LogP contribution in [-0.4, -0.2) is 92.8 Å². The third kappa shape index (κ3) is 6.87. The van der Waals surface area contributed by atoms with Gasteiger partial charge in [0, 0.05) is 86.7 Å². The van der Waals surface area contributed by atoms with Crippen molar-refractivity contribution in [1.82, 2.24) is 24.4 Å². The summed E-state index contributed by atoms with van der Waals surface area (Å²) in [5.74, 6) is 0.496. The van der Waals surface area contributed by atoms with Crippen LogP contribution < -0.4 is 20.4 Å². The third-order valence-electron chi connectivity index (χ3n) is 11.4. The molecule has 13 heteroatoms. The zero-order valence-electron chi connectivity index (χ0n) is 31.3. The summed E-state index contributed by atoms with van der Waals surface area (Å²) in [5, 5.41) is 17.1. The molecule has 4 aromatic rings. The van der Waals surface area contributed by atoms with Crippen LogP contribution in [0, 0.1) is 5.41 Å². The van der Waals surface area contributed by atoms with Gasteiger partial charge in [-0.05, 0) is 80.0 Å². The van der Waals surface area contributed by atoms with E-state index in [0.717, 1.165) is 64.2 Å². The lowest BCUT2D eigenvalue weighted by atomic mass is 9.90. The molecule has 1 aliphatic carbocycles. The Labute approximate surface area is 316 Å². The average molecular weight is 732 g/mol. The van der Waals surface area contributed by atoms with Crippen molar-refractivity contribution < 1.29 is 19.4 Å². The smallest absolute Gasteiger partial charge is 0.276 e. The van der Waals surface area contributed by atoms with E-state index >= 15 is 0 Å². The van der Waals surface area contributed by atoms with Gasteiger partial charge in [-0.2, -0.15) is 0 Å². The van der Waals surface area contributed by atoms with Gasteiger partial charge in [-0.1, -0.05) is 20.4 Å². The molecule has 3 aromatic heterocycles. The molecule has 282 valence electrons. The van der Waals surface area contributed by atoms with Crippen molar-refractivity contribution in [3.63, 3.8) is 0 Å². The molecule has 2 fully saturated rings. The standard InChI is InChI=1S/C41H49N9O4/c1-5-38(52)46-32-19-28(6-7-34(32)48-13-12-47(24-26(48)2)29-9-16-54-17-10-29)44-37-23-42-22-33(45-37)30-8-11-43-39(31(30)25-51)50-15-14-49-35(40(50)53)18-27-20-41(3,4)21-36(27)49/h5-8,11,18-19,22-23,26,29,51H,1,9-10,12-17,20-21,24-25H2,2-4H3,(H,44,45)(H,46,52). The van der Waals surface area contributed by atoms with E-state index in [-0.39, 0.29) is 29.9 Å². The highest BCUT2D eigenvalue weighted by Gasteiger charge is 2.38. The number of pyridine rings is 1. The molecule has 0 spiro atoms. The van der Waals surface area contributed by atoms with Crippen molar-refractivity contribution in [2.24, 2.45) is 5.41 Å². The molecule has 8 rings (SSSR count). The topological polar surface area (TPSA) is 141 Å². The molecule has 0 saturated carbocycles. The number of aliphatic hydroxyl groups excluding tert-OH is 1. The number of hydrogen-bond donors (Lipinski definition) is 3. The fourth-order valence-electron chi connectivity index (χ4n) is 8.80. The highest BCUT2D eigenvalue weighted by molar-refractivity contribution is 6.06. The number of amides is 2. The average Bonchev–Trinajstić information content (AvgIpc) is 3.67.